The van der Waals surface area contributed by atoms with Crippen LogP contribution in [0.3, 0.4) is 0 Å². The fourth-order valence-electron chi connectivity index (χ4n) is 2.31. The van der Waals surface area contributed by atoms with Gasteiger partial charge in [0.15, 0.2) is 0 Å². The van der Waals surface area contributed by atoms with Gasteiger partial charge in [-0.3, -0.25) is 4.79 Å². The highest BCUT2D eigenvalue weighted by Gasteiger charge is 2.16. The summed E-state index contributed by atoms with van der Waals surface area (Å²) >= 11 is 0. The standard InChI is InChI=1S/C21H27NO4/c1-21(2,3)25-20(23)14-15-24-26-22(16-18-10-6-4-7-11-18)17-19-12-8-5-9-13-19/h4-13H,14-17H2,1-3H3. The molecule has 5 heteroatoms. The highest BCUT2D eigenvalue weighted by atomic mass is 17.3. The first-order chi connectivity index (χ1) is 12.4. The molecule has 140 valence electrons. The summed E-state index contributed by atoms with van der Waals surface area (Å²) in [7, 11) is 0. The van der Waals surface area contributed by atoms with Gasteiger partial charge in [-0.15, -0.1) is 10.1 Å². The number of ether oxygens (including phenoxy) is 1. The van der Waals surface area contributed by atoms with E-state index < -0.39 is 5.60 Å². The van der Waals surface area contributed by atoms with Crippen LogP contribution in [0.4, 0.5) is 0 Å². The molecule has 5 nitrogen and oxygen atoms in total. The Balaban J connectivity index is 1.84. The van der Waals surface area contributed by atoms with Gasteiger partial charge in [-0.2, -0.15) is 0 Å². The number of hydrogen-bond acceptors (Lipinski definition) is 5. The predicted molar refractivity (Wildman–Crippen MR) is 99.6 cm³/mol. The van der Waals surface area contributed by atoms with E-state index in [1.807, 2.05) is 81.4 Å². The van der Waals surface area contributed by atoms with Crippen molar-refractivity contribution < 1.29 is 19.4 Å². The third-order valence-corrected chi connectivity index (χ3v) is 3.37. The van der Waals surface area contributed by atoms with Gasteiger partial charge in [0.25, 0.3) is 0 Å². The van der Waals surface area contributed by atoms with Crippen LogP contribution in [0.15, 0.2) is 60.7 Å². The maximum Gasteiger partial charge on any atom is 0.308 e. The molecule has 2 aromatic carbocycles. The van der Waals surface area contributed by atoms with Crippen LogP contribution >= 0.6 is 0 Å². The summed E-state index contributed by atoms with van der Waals surface area (Å²) in [6, 6.07) is 20.0. The van der Waals surface area contributed by atoms with Crippen LogP contribution in [0.1, 0.15) is 38.3 Å². The molecule has 0 N–H and O–H groups in total. The summed E-state index contributed by atoms with van der Waals surface area (Å²) in [6.45, 7) is 6.79. The van der Waals surface area contributed by atoms with Crippen molar-refractivity contribution in [1.82, 2.24) is 5.06 Å². The molecule has 0 saturated heterocycles. The average Bonchev–Trinajstić information content (AvgIpc) is 2.59. The molecular formula is C21H27NO4. The van der Waals surface area contributed by atoms with E-state index in [-0.39, 0.29) is 19.0 Å². The van der Waals surface area contributed by atoms with Gasteiger partial charge in [0.05, 0.1) is 26.1 Å². The summed E-state index contributed by atoms with van der Waals surface area (Å²) in [5, 5.41) is 1.72. The molecule has 0 atom stereocenters. The summed E-state index contributed by atoms with van der Waals surface area (Å²) in [5.41, 5.74) is 1.73. The Hall–Kier alpha value is -2.21. The number of rotatable bonds is 9. The largest absolute Gasteiger partial charge is 0.460 e. The number of hydrogen-bond donors (Lipinski definition) is 0. The highest BCUT2D eigenvalue weighted by molar-refractivity contribution is 5.69. The molecule has 26 heavy (non-hydrogen) atoms. The zero-order valence-corrected chi connectivity index (χ0v) is 15.7. The summed E-state index contributed by atoms with van der Waals surface area (Å²) in [5.74, 6) is -0.307. The molecule has 0 saturated carbocycles. The minimum atomic E-state index is -0.495. The van der Waals surface area contributed by atoms with E-state index in [1.54, 1.807) is 5.06 Å². The smallest absolute Gasteiger partial charge is 0.308 e. The minimum absolute atomic E-state index is 0.134. The van der Waals surface area contributed by atoms with E-state index in [4.69, 9.17) is 14.6 Å². The Bertz CT molecular complexity index is 611. The quantitative estimate of drug-likeness (QED) is 0.290. The van der Waals surface area contributed by atoms with Crippen LogP contribution in [0.5, 0.6) is 0 Å². The first-order valence-electron chi connectivity index (χ1n) is 8.76. The molecule has 0 unspecified atom stereocenters. The second-order valence-corrected chi connectivity index (χ2v) is 7.00. The third-order valence-electron chi connectivity index (χ3n) is 3.37. The van der Waals surface area contributed by atoms with Crippen molar-refractivity contribution >= 4 is 5.97 Å². The highest BCUT2D eigenvalue weighted by Crippen LogP contribution is 2.12. The molecule has 0 aliphatic rings. The van der Waals surface area contributed by atoms with E-state index in [9.17, 15) is 4.79 Å². The SMILES string of the molecule is CC(C)(C)OC(=O)CCOON(Cc1ccccc1)Cc1ccccc1. The van der Waals surface area contributed by atoms with Crippen LogP contribution in [-0.2, 0) is 32.5 Å². The average molecular weight is 357 g/mol. The normalized spacial score (nSPS) is 11.5. The topological polar surface area (TPSA) is 48.0 Å². The van der Waals surface area contributed by atoms with Gasteiger partial charge in [0.2, 0.25) is 0 Å². The van der Waals surface area contributed by atoms with Crippen molar-refractivity contribution in [2.75, 3.05) is 6.61 Å². The molecule has 0 radical (unpaired) electrons. The number of hydroxylamine groups is 2. The maximum atomic E-state index is 11.7. The van der Waals surface area contributed by atoms with E-state index in [0.29, 0.717) is 13.1 Å². The van der Waals surface area contributed by atoms with Crippen LogP contribution in [-0.4, -0.2) is 23.2 Å². The van der Waals surface area contributed by atoms with Crippen LogP contribution in [0.25, 0.3) is 0 Å². The van der Waals surface area contributed by atoms with Crippen molar-refractivity contribution in [3.05, 3.63) is 71.8 Å². The molecule has 0 spiro atoms. The van der Waals surface area contributed by atoms with Gasteiger partial charge >= 0.3 is 5.97 Å². The van der Waals surface area contributed by atoms with Crippen LogP contribution in [0, 0.1) is 0 Å². The lowest BCUT2D eigenvalue weighted by atomic mass is 10.2. The van der Waals surface area contributed by atoms with E-state index in [2.05, 4.69) is 0 Å². The van der Waals surface area contributed by atoms with Gasteiger partial charge in [-0.25, -0.2) is 4.89 Å². The molecule has 0 aliphatic heterocycles. The van der Waals surface area contributed by atoms with Crippen LogP contribution in [0.2, 0.25) is 0 Å². The summed E-state index contributed by atoms with van der Waals surface area (Å²) in [4.78, 5) is 22.4. The Morgan fingerprint density at radius 3 is 1.85 bits per heavy atom. The maximum absolute atomic E-state index is 11.7. The molecule has 0 heterocycles. The second kappa shape index (κ2) is 10.1. The third kappa shape index (κ3) is 8.25. The lowest BCUT2D eigenvalue weighted by Crippen LogP contribution is -2.26. The fourth-order valence-corrected chi connectivity index (χ4v) is 2.31. The Morgan fingerprint density at radius 1 is 0.885 bits per heavy atom. The second-order valence-electron chi connectivity index (χ2n) is 7.00. The molecule has 2 rings (SSSR count). The fraction of sp³-hybridized carbons (Fsp3) is 0.381. The van der Waals surface area contributed by atoms with Crippen LogP contribution < -0.4 is 0 Å². The summed E-state index contributed by atoms with van der Waals surface area (Å²) < 4.78 is 5.25. The van der Waals surface area contributed by atoms with Gasteiger partial charge in [0.1, 0.15) is 5.60 Å². The molecular weight excluding hydrogens is 330 g/mol. The summed E-state index contributed by atoms with van der Waals surface area (Å²) in [6.07, 6.45) is 0.141. The molecule has 0 bridgehead atoms. The number of carbonyl (C=O) groups excluding carboxylic acids is 1. The molecule has 0 amide bonds. The first-order valence-corrected chi connectivity index (χ1v) is 8.76. The number of esters is 1. The van der Waals surface area contributed by atoms with Crippen molar-refractivity contribution in [3.63, 3.8) is 0 Å². The van der Waals surface area contributed by atoms with Crippen molar-refractivity contribution in [2.45, 2.75) is 45.9 Å². The molecule has 2 aromatic rings. The number of benzene rings is 2. The number of carbonyl (C=O) groups is 1. The zero-order chi connectivity index (χ0) is 18.8. The van der Waals surface area contributed by atoms with Crippen molar-refractivity contribution in [2.24, 2.45) is 0 Å². The zero-order valence-electron chi connectivity index (χ0n) is 15.7. The minimum Gasteiger partial charge on any atom is -0.460 e. The van der Waals surface area contributed by atoms with Crippen molar-refractivity contribution in [3.8, 4) is 0 Å². The van der Waals surface area contributed by atoms with E-state index in [1.165, 1.54) is 0 Å². The number of nitrogens with zero attached hydrogens (tertiary/aromatic N) is 1. The van der Waals surface area contributed by atoms with Gasteiger partial charge in [0, 0.05) is 0 Å². The lowest BCUT2D eigenvalue weighted by Gasteiger charge is -2.21. The lowest BCUT2D eigenvalue weighted by molar-refractivity contribution is -0.433. The molecule has 0 aliphatic carbocycles. The Labute approximate surface area is 155 Å². The van der Waals surface area contributed by atoms with Gasteiger partial charge in [-0.05, 0) is 31.9 Å². The van der Waals surface area contributed by atoms with Gasteiger partial charge < -0.3 is 4.74 Å². The first kappa shape index (κ1) is 20.1. The van der Waals surface area contributed by atoms with E-state index >= 15 is 0 Å². The molecule has 0 fully saturated rings. The van der Waals surface area contributed by atoms with Gasteiger partial charge in [-0.1, -0.05) is 60.7 Å². The Morgan fingerprint density at radius 2 is 1.38 bits per heavy atom. The van der Waals surface area contributed by atoms with E-state index in [0.717, 1.165) is 11.1 Å². The Kier molecular flexibility index (Phi) is 7.78. The molecule has 0 aromatic heterocycles. The predicted octanol–water partition coefficient (Wildman–Crippen LogP) is 4.28. The monoisotopic (exact) mass is 357 g/mol. The van der Waals surface area contributed by atoms with Crippen molar-refractivity contribution in [1.29, 1.82) is 0 Å².